The maximum atomic E-state index is 11.7. The van der Waals surface area contributed by atoms with Gasteiger partial charge in [0.2, 0.25) is 5.91 Å². The third-order valence-corrected chi connectivity index (χ3v) is 3.00. The van der Waals surface area contributed by atoms with E-state index in [1.54, 1.807) is 0 Å². The molecule has 2 N–H and O–H groups in total. The molecule has 0 spiro atoms. The van der Waals surface area contributed by atoms with Crippen LogP contribution in [-0.4, -0.2) is 36.3 Å². The summed E-state index contributed by atoms with van der Waals surface area (Å²) in [6.45, 7) is 2.68. The van der Waals surface area contributed by atoms with Gasteiger partial charge in [-0.2, -0.15) is 5.10 Å². The van der Waals surface area contributed by atoms with E-state index in [4.69, 9.17) is 4.74 Å². The van der Waals surface area contributed by atoms with Crippen molar-refractivity contribution in [3.63, 3.8) is 0 Å². The van der Waals surface area contributed by atoms with Crippen LogP contribution in [0.1, 0.15) is 32.6 Å². The van der Waals surface area contributed by atoms with Crippen molar-refractivity contribution in [1.82, 2.24) is 10.7 Å². The number of amides is 2. The average molecular weight is 239 g/mol. The Morgan fingerprint density at radius 2 is 2.29 bits per heavy atom. The first kappa shape index (κ1) is 12.0. The molecule has 0 aromatic rings. The van der Waals surface area contributed by atoms with Crippen LogP contribution in [-0.2, 0) is 14.3 Å². The minimum absolute atomic E-state index is 0.137. The van der Waals surface area contributed by atoms with Gasteiger partial charge in [0.25, 0.3) is 5.91 Å². The summed E-state index contributed by atoms with van der Waals surface area (Å²) in [4.78, 5) is 22.6. The second kappa shape index (κ2) is 5.27. The fraction of sp³-hybridized carbons (Fsp3) is 0.727. The molecule has 1 saturated carbocycles. The summed E-state index contributed by atoms with van der Waals surface area (Å²) < 4.78 is 5.41. The lowest BCUT2D eigenvalue weighted by Gasteiger charge is -2.35. The van der Waals surface area contributed by atoms with E-state index in [1.165, 1.54) is 0 Å². The van der Waals surface area contributed by atoms with Gasteiger partial charge in [0.05, 0.1) is 6.10 Å². The van der Waals surface area contributed by atoms with Crippen LogP contribution < -0.4 is 10.7 Å². The lowest BCUT2D eigenvalue weighted by molar-refractivity contribution is -0.121. The Labute approximate surface area is 99.8 Å². The molecule has 1 aliphatic carbocycles. The van der Waals surface area contributed by atoms with E-state index in [0.717, 1.165) is 12.8 Å². The number of nitrogens with one attached hydrogen (secondary N) is 2. The van der Waals surface area contributed by atoms with Crippen molar-refractivity contribution in [1.29, 1.82) is 0 Å². The Morgan fingerprint density at radius 3 is 2.88 bits per heavy atom. The monoisotopic (exact) mass is 239 g/mol. The van der Waals surface area contributed by atoms with Crippen molar-refractivity contribution in [3.8, 4) is 0 Å². The molecule has 0 unspecified atom stereocenters. The third-order valence-electron chi connectivity index (χ3n) is 3.00. The number of ether oxygens (including phenoxy) is 1. The third kappa shape index (κ3) is 3.03. The van der Waals surface area contributed by atoms with Crippen molar-refractivity contribution < 1.29 is 14.3 Å². The van der Waals surface area contributed by atoms with E-state index in [1.807, 2.05) is 6.92 Å². The van der Waals surface area contributed by atoms with E-state index in [9.17, 15) is 9.59 Å². The number of hydrazone groups is 1. The van der Waals surface area contributed by atoms with Gasteiger partial charge in [-0.25, -0.2) is 5.43 Å². The van der Waals surface area contributed by atoms with Crippen LogP contribution >= 0.6 is 0 Å². The minimum atomic E-state index is -0.176. The van der Waals surface area contributed by atoms with E-state index in [0.29, 0.717) is 25.2 Å². The zero-order chi connectivity index (χ0) is 12.3. The summed E-state index contributed by atoms with van der Waals surface area (Å²) in [5.41, 5.74) is 2.72. The average Bonchev–Trinajstić information content (AvgIpc) is 2.27. The van der Waals surface area contributed by atoms with Gasteiger partial charge >= 0.3 is 0 Å². The molecule has 0 atom stereocenters. The molecule has 1 fully saturated rings. The Balaban J connectivity index is 1.74. The summed E-state index contributed by atoms with van der Waals surface area (Å²) in [5, 5.41) is 6.64. The topological polar surface area (TPSA) is 79.8 Å². The van der Waals surface area contributed by atoms with Crippen LogP contribution in [0.3, 0.4) is 0 Å². The highest BCUT2D eigenvalue weighted by atomic mass is 16.5. The number of nitrogens with zero attached hydrogens (tertiary/aromatic N) is 1. The molecule has 0 radical (unpaired) electrons. The minimum Gasteiger partial charge on any atom is -0.378 e. The molecular formula is C11H17N3O3. The van der Waals surface area contributed by atoms with Crippen LogP contribution in [0, 0.1) is 0 Å². The number of rotatable bonds is 4. The molecule has 0 aromatic heterocycles. The predicted octanol–water partition coefficient (Wildman–Crippen LogP) is -0.0639. The van der Waals surface area contributed by atoms with Gasteiger partial charge < -0.3 is 10.1 Å². The van der Waals surface area contributed by atoms with Crippen molar-refractivity contribution in [2.24, 2.45) is 5.10 Å². The first-order valence-electron chi connectivity index (χ1n) is 5.97. The quantitative estimate of drug-likeness (QED) is 0.721. The summed E-state index contributed by atoms with van der Waals surface area (Å²) in [6, 6.07) is 0.180. The summed E-state index contributed by atoms with van der Waals surface area (Å²) in [7, 11) is 0. The van der Waals surface area contributed by atoms with Crippen molar-refractivity contribution >= 4 is 17.5 Å². The zero-order valence-electron chi connectivity index (χ0n) is 9.86. The lowest BCUT2D eigenvalue weighted by atomic mass is 9.89. The Morgan fingerprint density at radius 1 is 1.53 bits per heavy atom. The molecule has 6 heteroatoms. The predicted molar refractivity (Wildman–Crippen MR) is 61.4 cm³/mol. The summed E-state index contributed by atoms with van der Waals surface area (Å²) >= 11 is 0. The van der Waals surface area contributed by atoms with Crippen LogP contribution in [0.4, 0.5) is 0 Å². The normalized spacial score (nSPS) is 27.8. The van der Waals surface area contributed by atoms with Crippen molar-refractivity contribution in [2.75, 3.05) is 6.61 Å². The Hall–Kier alpha value is -1.43. The van der Waals surface area contributed by atoms with Crippen molar-refractivity contribution in [2.45, 2.75) is 44.8 Å². The van der Waals surface area contributed by atoms with Gasteiger partial charge in [-0.05, 0) is 19.8 Å². The molecule has 6 nitrogen and oxygen atoms in total. The second-order valence-corrected chi connectivity index (χ2v) is 4.31. The fourth-order valence-electron chi connectivity index (χ4n) is 1.96. The number of hydrogen-bond donors (Lipinski definition) is 2. The molecule has 94 valence electrons. The standard InChI is InChI=1S/C11H17N3O3/c1-2-17-8-5-7(6-8)12-11(16)9-3-4-10(15)14-13-9/h7-8H,2-6H2,1H3,(H,12,16)(H,14,15). The molecule has 0 aromatic carbocycles. The van der Waals surface area contributed by atoms with Gasteiger partial charge in [-0.1, -0.05) is 0 Å². The van der Waals surface area contributed by atoms with Crippen LogP contribution in [0.25, 0.3) is 0 Å². The van der Waals surface area contributed by atoms with E-state index < -0.39 is 0 Å². The second-order valence-electron chi connectivity index (χ2n) is 4.31. The molecule has 1 heterocycles. The van der Waals surface area contributed by atoms with E-state index in [2.05, 4.69) is 15.8 Å². The molecule has 2 aliphatic rings. The number of carbonyl (C=O) groups is 2. The Kier molecular flexibility index (Phi) is 3.73. The van der Waals surface area contributed by atoms with Gasteiger partial charge in [-0.15, -0.1) is 0 Å². The zero-order valence-corrected chi connectivity index (χ0v) is 9.86. The molecule has 0 saturated heterocycles. The highest BCUT2D eigenvalue weighted by Crippen LogP contribution is 2.23. The Bertz CT molecular complexity index is 348. The number of carbonyl (C=O) groups excluding carboxylic acids is 2. The van der Waals surface area contributed by atoms with Gasteiger partial charge in [0, 0.05) is 25.5 Å². The smallest absolute Gasteiger partial charge is 0.267 e. The maximum Gasteiger partial charge on any atom is 0.267 e. The van der Waals surface area contributed by atoms with Crippen LogP contribution in [0.2, 0.25) is 0 Å². The molecule has 0 bridgehead atoms. The van der Waals surface area contributed by atoms with Gasteiger partial charge in [0.1, 0.15) is 5.71 Å². The van der Waals surface area contributed by atoms with Gasteiger partial charge in [-0.3, -0.25) is 9.59 Å². The van der Waals surface area contributed by atoms with E-state index in [-0.39, 0.29) is 24.0 Å². The van der Waals surface area contributed by atoms with Crippen LogP contribution in [0.15, 0.2) is 5.10 Å². The first-order chi connectivity index (χ1) is 8.19. The van der Waals surface area contributed by atoms with Gasteiger partial charge in [0.15, 0.2) is 0 Å². The molecule has 2 rings (SSSR count). The largest absolute Gasteiger partial charge is 0.378 e. The maximum absolute atomic E-state index is 11.7. The summed E-state index contributed by atoms with van der Waals surface area (Å²) in [5.74, 6) is -0.313. The lowest BCUT2D eigenvalue weighted by Crippen LogP contribution is -2.50. The first-order valence-corrected chi connectivity index (χ1v) is 5.97. The highest BCUT2D eigenvalue weighted by Gasteiger charge is 2.31. The number of hydrogen-bond acceptors (Lipinski definition) is 4. The molecule has 1 aliphatic heterocycles. The highest BCUT2D eigenvalue weighted by molar-refractivity contribution is 6.39. The molecule has 2 amide bonds. The van der Waals surface area contributed by atoms with Crippen LogP contribution in [0.5, 0.6) is 0 Å². The summed E-state index contributed by atoms with van der Waals surface area (Å²) in [6.07, 6.45) is 2.74. The van der Waals surface area contributed by atoms with E-state index >= 15 is 0 Å². The molecule has 17 heavy (non-hydrogen) atoms. The van der Waals surface area contributed by atoms with Crippen molar-refractivity contribution in [3.05, 3.63) is 0 Å². The SMILES string of the molecule is CCOC1CC(NC(=O)C2=NNC(=O)CC2)C1. The fourth-order valence-corrected chi connectivity index (χ4v) is 1.96. The molecular weight excluding hydrogens is 222 g/mol.